The average Bonchev–Trinajstić information content (AvgIpc) is 2.82. The van der Waals surface area contributed by atoms with E-state index < -0.39 is 0 Å². The van der Waals surface area contributed by atoms with Crippen molar-refractivity contribution in [2.24, 2.45) is 0 Å². The zero-order valence-electron chi connectivity index (χ0n) is 20.4. The molecule has 5 nitrogen and oxygen atoms in total. The predicted molar refractivity (Wildman–Crippen MR) is 131 cm³/mol. The van der Waals surface area contributed by atoms with Gasteiger partial charge in [-0.3, -0.25) is 9.78 Å². The van der Waals surface area contributed by atoms with Crippen LogP contribution in [0.3, 0.4) is 0 Å². The number of nitrogens with one attached hydrogen (secondary N) is 1. The first-order chi connectivity index (χ1) is 15.5. The number of piperidine rings is 1. The van der Waals surface area contributed by atoms with E-state index in [1.54, 1.807) is 4.90 Å². The number of fused-ring (bicyclic) bond motifs is 1. The highest BCUT2D eigenvalue weighted by atomic mass is 16.5. The molecule has 0 atom stereocenters. The van der Waals surface area contributed by atoms with Gasteiger partial charge in [0.25, 0.3) is 5.91 Å². The Labute approximate surface area is 192 Å². The largest absolute Gasteiger partial charge is 0.482 e. The lowest BCUT2D eigenvalue weighted by molar-refractivity contribution is 0.0766. The van der Waals surface area contributed by atoms with Gasteiger partial charge < -0.3 is 15.0 Å². The fourth-order valence-electron chi connectivity index (χ4n) is 4.55. The number of nitrogens with zero attached hydrogens (tertiary/aromatic N) is 2. The zero-order chi connectivity index (χ0) is 23.3. The van der Waals surface area contributed by atoms with E-state index in [0.29, 0.717) is 18.8 Å². The number of ether oxygens (including phenoxy) is 1. The van der Waals surface area contributed by atoms with Gasteiger partial charge in [0.05, 0.1) is 0 Å². The number of pyridine rings is 1. The lowest BCUT2D eigenvalue weighted by Crippen LogP contribution is -2.46. The number of benzene rings is 1. The van der Waals surface area contributed by atoms with E-state index in [-0.39, 0.29) is 11.5 Å². The van der Waals surface area contributed by atoms with Crippen molar-refractivity contribution >= 4 is 11.5 Å². The number of hydrogen-bond donors (Lipinski definition) is 1. The number of rotatable bonds is 4. The third-order valence-corrected chi connectivity index (χ3v) is 6.22. The fourth-order valence-corrected chi connectivity index (χ4v) is 4.55. The maximum atomic E-state index is 12.6. The van der Waals surface area contributed by atoms with Gasteiger partial charge in [0.15, 0.2) is 0 Å². The van der Waals surface area contributed by atoms with Crippen molar-refractivity contribution in [1.29, 1.82) is 0 Å². The second kappa shape index (κ2) is 10.3. The van der Waals surface area contributed by atoms with Crippen LogP contribution in [0, 0.1) is 13.8 Å². The Morgan fingerprint density at radius 3 is 2.41 bits per heavy atom. The first kappa shape index (κ1) is 24.0. The Morgan fingerprint density at radius 1 is 1.12 bits per heavy atom. The van der Waals surface area contributed by atoms with Crippen LogP contribution in [-0.2, 0) is 0 Å². The van der Waals surface area contributed by atoms with Crippen molar-refractivity contribution in [2.75, 3.05) is 26.2 Å². The summed E-state index contributed by atoms with van der Waals surface area (Å²) in [5, 5.41) is 3.44. The lowest BCUT2D eigenvalue weighted by atomic mass is 9.82. The maximum Gasteiger partial charge on any atom is 0.272 e. The second-order valence-corrected chi connectivity index (χ2v) is 8.34. The molecule has 0 saturated carbocycles. The smallest absolute Gasteiger partial charge is 0.272 e. The molecule has 1 saturated heterocycles. The van der Waals surface area contributed by atoms with E-state index >= 15 is 0 Å². The minimum Gasteiger partial charge on any atom is -0.482 e. The van der Waals surface area contributed by atoms with Crippen molar-refractivity contribution in [2.45, 2.75) is 60.0 Å². The number of carbonyl (C=O) groups excluding carboxylic acids is 1. The number of aryl methyl sites for hydroxylation is 2. The van der Waals surface area contributed by atoms with E-state index in [4.69, 9.17) is 4.74 Å². The van der Waals surface area contributed by atoms with Crippen LogP contribution in [0.4, 0.5) is 0 Å². The molecule has 1 aromatic heterocycles. The van der Waals surface area contributed by atoms with Crippen molar-refractivity contribution in [3.8, 4) is 5.75 Å². The first-order valence-electron chi connectivity index (χ1n) is 12.0. The summed E-state index contributed by atoms with van der Waals surface area (Å²) < 4.78 is 6.62. The molecule has 1 amide bonds. The van der Waals surface area contributed by atoms with Crippen LogP contribution in [0.25, 0.3) is 5.57 Å². The quantitative estimate of drug-likeness (QED) is 0.721. The van der Waals surface area contributed by atoms with E-state index in [1.807, 2.05) is 46.0 Å². The maximum absolute atomic E-state index is 12.6. The fraction of sp³-hybridized carbons (Fsp3) is 0.481. The molecule has 1 N–H and O–H groups in total. The Bertz CT molecular complexity index is 969. The van der Waals surface area contributed by atoms with Crippen molar-refractivity contribution in [1.82, 2.24) is 15.2 Å². The highest BCUT2D eigenvalue weighted by Crippen LogP contribution is 2.44. The minimum atomic E-state index is -0.288. The highest BCUT2D eigenvalue weighted by molar-refractivity contribution is 5.93. The van der Waals surface area contributed by atoms with Gasteiger partial charge in [0.1, 0.15) is 17.0 Å². The van der Waals surface area contributed by atoms with Gasteiger partial charge in [-0.05, 0) is 75.7 Å². The summed E-state index contributed by atoms with van der Waals surface area (Å²) in [4.78, 5) is 19.0. The summed E-state index contributed by atoms with van der Waals surface area (Å²) >= 11 is 0. The van der Waals surface area contributed by atoms with Crippen molar-refractivity contribution in [3.63, 3.8) is 0 Å². The van der Waals surface area contributed by atoms with Crippen LogP contribution in [0.5, 0.6) is 5.75 Å². The normalized spacial score (nSPS) is 16.2. The molecule has 4 rings (SSSR count). The van der Waals surface area contributed by atoms with E-state index in [0.717, 1.165) is 53.9 Å². The Kier molecular flexibility index (Phi) is 7.73. The van der Waals surface area contributed by atoms with Gasteiger partial charge in [0.2, 0.25) is 0 Å². The zero-order valence-corrected chi connectivity index (χ0v) is 20.4. The standard InChI is InChI=1S/C25H31N3O2.C2H6/c1-5-28(6-2)24(29)22-8-7-19(16-27-22)21-15-25(9-11-26-12-10-25)30-23-18(4)13-17(3)14-20(21)23;1-2/h7-8,13-16,26H,5-6,9-12H2,1-4H3;1-2H3. The van der Waals surface area contributed by atoms with Gasteiger partial charge in [-0.2, -0.15) is 0 Å². The summed E-state index contributed by atoms with van der Waals surface area (Å²) in [5.41, 5.74) is 5.87. The van der Waals surface area contributed by atoms with Gasteiger partial charge in [-0.15, -0.1) is 0 Å². The molecule has 0 bridgehead atoms. The van der Waals surface area contributed by atoms with Crippen molar-refractivity contribution < 1.29 is 9.53 Å². The lowest BCUT2D eigenvalue weighted by Gasteiger charge is -2.40. The monoisotopic (exact) mass is 435 g/mol. The number of hydrogen-bond acceptors (Lipinski definition) is 4. The van der Waals surface area contributed by atoms with Crippen LogP contribution < -0.4 is 10.1 Å². The molecule has 1 spiro atoms. The highest BCUT2D eigenvalue weighted by Gasteiger charge is 2.37. The summed E-state index contributed by atoms with van der Waals surface area (Å²) in [5.74, 6) is 0.956. The number of carbonyl (C=O) groups is 1. The molecule has 0 unspecified atom stereocenters. The van der Waals surface area contributed by atoms with Crippen LogP contribution in [0.15, 0.2) is 36.5 Å². The molecule has 2 aromatic rings. The van der Waals surface area contributed by atoms with Crippen molar-refractivity contribution in [3.05, 3.63) is 64.5 Å². The predicted octanol–water partition coefficient (Wildman–Crippen LogP) is 5.15. The summed E-state index contributed by atoms with van der Waals surface area (Å²) in [7, 11) is 0. The Balaban J connectivity index is 0.00000141. The Morgan fingerprint density at radius 2 is 1.81 bits per heavy atom. The first-order valence-corrected chi connectivity index (χ1v) is 12.0. The topological polar surface area (TPSA) is 54.5 Å². The molecular weight excluding hydrogens is 398 g/mol. The van der Waals surface area contributed by atoms with Gasteiger partial charge in [-0.1, -0.05) is 26.0 Å². The third kappa shape index (κ3) is 4.73. The molecule has 2 aliphatic heterocycles. The summed E-state index contributed by atoms with van der Waals surface area (Å²) in [6.45, 7) is 15.5. The van der Waals surface area contributed by atoms with Crippen LogP contribution >= 0.6 is 0 Å². The summed E-state index contributed by atoms with van der Waals surface area (Å²) in [6, 6.07) is 8.25. The van der Waals surface area contributed by atoms with Gasteiger partial charge in [0, 0.05) is 43.3 Å². The minimum absolute atomic E-state index is 0.0191. The molecule has 0 radical (unpaired) electrons. The van der Waals surface area contributed by atoms with Crippen LogP contribution in [0.2, 0.25) is 0 Å². The molecule has 1 aromatic carbocycles. The molecule has 0 aliphatic carbocycles. The van der Waals surface area contributed by atoms with Gasteiger partial charge >= 0.3 is 0 Å². The second-order valence-electron chi connectivity index (χ2n) is 8.34. The molecule has 32 heavy (non-hydrogen) atoms. The molecule has 2 aliphatic rings. The Hall–Kier alpha value is -2.66. The molecule has 172 valence electrons. The SMILES string of the molecule is CC.CCN(CC)C(=O)c1ccc(C2=CC3(CCNCC3)Oc3c(C)cc(C)cc32)cn1. The van der Waals surface area contributed by atoms with Crippen LogP contribution in [0.1, 0.15) is 73.3 Å². The van der Waals surface area contributed by atoms with E-state index in [2.05, 4.69) is 42.4 Å². The summed E-state index contributed by atoms with van der Waals surface area (Å²) in [6.07, 6.45) is 6.01. The van der Waals surface area contributed by atoms with Gasteiger partial charge in [-0.25, -0.2) is 0 Å². The van der Waals surface area contributed by atoms with E-state index in [1.165, 1.54) is 5.56 Å². The number of amides is 1. The molecule has 1 fully saturated rings. The third-order valence-electron chi connectivity index (χ3n) is 6.22. The van der Waals surface area contributed by atoms with Crippen LogP contribution in [-0.4, -0.2) is 47.6 Å². The van der Waals surface area contributed by atoms with E-state index in [9.17, 15) is 4.79 Å². The molecule has 5 heteroatoms. The molecular formula is C27H37N3O2. The number of aromatic nitrogens is 1. The average molecular weight is 436 g/mol. The molecule has 3 heterocycles.